The van der Waals surface area contributed by atoms with Gasteiger partial charge in [0, 0.05) is 18.8 Å². The highest BCUT2D eigenvalue weighted by molar-refractivity contribution is 7.89. The SMILES string of the molecule is CCN([C@@H](C)c1ccc(F)cc1)S(=O)(=O)c1cnc2cccnn12. The minimum atomic E-state index is -3.81. The van der Waals surface area contributed by atoms with E-state index in [2.05, 4.69) is 10.1 Å². The molecule has 8 heteroatoms. The summed E-state index contributed by atoms with van der Waals surface area (Å²) in [6, 6.07) is 8.75. The van der Waals surface area contributed by atoms with Crippen molar-refractivity contribution in [3.05, 3.63) is 60.2 Å². The first-order valence-electron chi connectivity index (χ1n) is 7.51. The Morgan fingerprint density at radius 3 is 2.62 bits per heavy atom. The number of hydrogen-bond donors (Lipinski definition) is 0. The predicted molar refractivity (Wildman–Crippen MR) is 87.4 cm³/mol. The van der Waals surface area contributed by atoms with Crippen LogP contribution in [0.15, 0.2) is 53.8 Å². The molecule has 1 atom stereocenters. The Bertz CT molecular complexity index is 954. The van der Waals surface area contributed by atoms with Crippen molar-refractivity contribution in [3.63, 3.8) is 0 Å². The van der Waals surface area contributed by atoms with Crippen molar-refractivity contribution in [2.24, 2.45) is 0 Å². The van der Waals surface area contributed by atoms with E-state index in [0.29, 0.717) is 11.2 Å². The van der Waals surface area contributed by atoms with Gasteiger partial charge in [-0.3, -0.25) is 0 Å². The summed E-state index contributed by atoms with van der Waals surface area (Å²) < 4.78 is 41.9. The average Bonchev–Trinajstić information content (AvgIpc) is 3.00. The summed E-state index contributed by atoms with van der Waals surface area (Å²) in [5.41, 5.74) is 1.17. The first-order valence-corrected chi connectivity index (χ1v) is 8.95. The van der Waals surface area contributed by atoms with Crippen LogP contribution in [0.2, 0.25) is 0 Å². The van der Waals surface area contributed by atoms with Gasteiger partial charge < -0.3 is 0 Å². The van der Waals surface area contributed by atoms with E-state index in [1.165, 1.54) is 33.3 Å². The Labute approximate surface area is 139 Å². The van der Waals surface area contributed by atoms with Crippen LogP contribution in [0.5, 0.6) is 0 Å². The number of nitrogens with zero attached hydrogens (tertiary/aromatic N) is 4. The molecule has 1 aromatic carbocycles. The number of imidazole rings is 1. The fourth-order valence-electron chi connectivity index (χ4n) is 2.66. The topological polar surface area (TPSA) is 67.6 Å². The van der Waals surface area contributed by atoms with Gasteiger partial charge in [0.2, 0.25) is 0 Å². The van der Waals surface area contributed by atoms with E-state index in [4.69, 9.17) is 0 Å². The van der Waals surface area contributed by atoms with E-state index in [-0.39, 0.29) is 17.4 Å². The fourth-order valence-corrected chi connectivity index (χ4v) is 4.33. The molecule has 0 unspecified atom stereocenters. The van der Waals surface area contributed by atoms with E-state index in [1.807, 2.05) is 0 Å². The molecule has 2 heterocycles. The van der Waals surface area contributed by atoms with Gasteiger partial charge in [-0.1, -0.05) is 19.1 Å². The highest BCUT2D eigenvalue weighted by Gasteiger charge is 2.31. The molecule has 0 aliphatic rings. The molecule has 0 N–H and O–H groups in total. The van der Waals surface area contributed by atoms with E-state index in [0.717, 1.165) is 0 Å². The maximum absolute atomic E-state index is 13.1. The Balaban J connectivity index is 2.04. The van der Waals surface area contributed by atoms with E-state index in [1.54, 1.807) is 38.1 Å². The number of sulfonamides is 1. The second-order valence-corrected chi connectivity index (χ2v) is 7.16. The zero-order chi connectivity index (χ0) is 17.3. The Kier molecular flexibility index (Phi) is 4.33. The number of rotatable bonds is 5. The maximum atomic E-state index is 13.1. The molecule has 126 valence electrons. The van der Waals surface area contributed by atoms with Gasteiger partial charge in [-0.15, -0.1) is 0 Å². The van der Waals surface area contributed by atoms with Crippen molar-refractivity contribution in [3.8, 4) is 0 Å². The molecule has 3 aromatic rings. The molecule has 0 amide bonds. The zero-order valence-corrected chi connectivity index (χ0v) is 14.1. The summed E-state index contributed by atoms with van der Waals surface area (Å²) in [6.07, 6.45) is 2.81. The molecule has 0 saturated carbocycles. The minimum Gasteiger partial charge on any atom is -0.234 e. The van der Waals surface area contributed by atoms with E-state index in [9.17, 15) is 12.8 Å². The normalized spacial score (nSPS) is 13.5. The molecule has 2 aromatic heterocycles. The van der Waals surface area contributed by atoms with Crippen LogP contribution in [0.25, 0.3) is 5.65 Å². The van der Waals surface area contributed by atoms with Crippen LogP contribution >= 0.6 is 0 Å². The summed E-state index contributed by atoms with van der Waals surface area (Å²) >= 11 is 0. The van der Waals surface area contributed by atoms with Gasteiger partial charge in [0.15, 0.2) is 10.7 Å². The van der Waals surface area contributed by atoms with Gasteiger partial charge in [0.1, 0.15) is 5.82 Å². The lowest BCUT2D eigenvalue weighted by Crippen LogP contribution is -2.34. The molecule has 0 radical (unpaired) electrons. The molecule has 0 aliphatic heterocycles. The summed E-state index contributed by atoms with van der Waals surface area (Å²) in [4.78, 5) is 4.09. The van der Waals surface area contributed by atoms with Crippen molar-refractivity contribution in [1.82, 2.24) is 18.9 Å². The Morgan fingerprint density at radius 2 is 1.96 bits per heavy atom. The van der Waals surface area contributed by atoms with Crippen LogP contribution in [0.4, 0.5) is 4.39 Å². The quantitative estimate of drug-likeness (QED) is 0.711. The van der Waals surface area contributed by atoms with Gasteiger partial charge in [-0.25, -0.2) is 22.3 Å². The number of hydrogen-bond acceptors (Lipinski definition) is 4. The largest absolute Gasteiger partial charge is 0.262 e. The van der Waals surface area contributed by atoms with Gasteiger partial charge in [-0.05, 0) is 36.8 Å². The van der Waals surface area contributed by atoms with Crippen LogP contribution in [-0.2, 0) is 10.0 Å². The number of fused-ring (bicyclic) bond motifs is 1. The lowest BCUT2D eigenvalue weighted by molar-refractivity contribution is 0.354. The number of aromatic nitrogens is 3. The first-order chi connectivity index (χ1) is 11.4. The van der Waals surface area contributed by atoms with E-state index < -0.39 is 16.1 Å². The molecule has 0 fully saturated rings. The van der Waals surface area contributed by atoms with Crippen molar-refractivity contribution >= 4 is 15.7 Å². The monoisotopic (exact) mass is 348 g/mol. The zero-order valence-electron chi connectivity index (χ0n) is 13.3. The Morgan fingerprint density at radius 1 is 1.25 bits per heavy atom. The minimum absolute atomic E-state index is 0.00825. The van der Waals surface area contributed by atoms with Gasteiger partial charge in [0.25, 0.3) is 10.0 Å². The van der Waals surface area contributed by atoms with E-state index >= 15 is 0 Å². The maximum Gasteiger partial charge on any atom is 0.262 e. The summed E-state index contributed by atoms with van der Waals surface area (Å²) in [6.45, 7) is 3.79. The third kappa shape index (κ3) is 2.78. The smallest absolute Gasteiger partial charge is 0.234 e. The molecule has 3 rings (SSSR count). The van der Waals surface area contributed by atoms with Crippen LogP contribution < -0.4 is 0 Å². The molecule has 24 heavy (non-hydrogen) atoms. The van der Waals surface area contributed by atoms with Crippen LogP contribution in [0, 0.1) is 5.82 Å². The lowest BCUT2D eigenvalue weighted by atomic mass is 10.1. The predicted octanol–water partition coefficient (Wildman–Crippen LogP) is 2.64. The Hall–Kier alpha value is -2.32. The molecule has 0 spiro atoms. The lowest BCUT2D eigenvalue weighted by Gasteiger charge is -2.27. The molecular weight excluding hydrogens is 331 g/mol. The molecule has 0 bridgehead atoms. The molecule has 6 nitrogen and oxygen atoms in total. The van der Waals surface area contributed by atoms with Crippen molar-refractivity contribution in [1.29, 1.82) is 0 Å². The van der Waals surface area contributed by atoms with Crippen LogP contribution in [-0.4, -0.2) is 33.9 Å². The summed E-state index contributed by atoms with van der Waals surface area (Å²) in [5.74, 6) is -0.358. The standard InChI is InChI=1S/C16H17FN4O2S/c1-3-20(12(2)13-6-8-14(17)9-7-13)24(22,23)16-11-18-15-5-4-10-19-21(15)16/h4-12H,3H2,1-2H3/t12-/m0/s1. The van der Waals surface area contributed by atoms with Crippen molar-refractivity contribution < 1.29 is 12.8 Å². The number of benzene rings is 1. The van der Waals surface area contributed by atoms with Gasteiger partial charge >= 0.3 is 0 Å². The number of halogens is 1. The molecular formula is C16H17FN4O2S. The second kappa shape index (κ2) is 6.29. The third-order valence-corrected chi connectivity index (χ3v) is 5.91. The summed E-state index contributed by atoms with van der Waals surface area (Å²) in [5, 5.41) is 4.07. The average molecular weight is 348 g/mol. The first kappa shape index (κ1) is 16.5. The molecule has 0 aliphatic carbocycles. The van der Waals surface area contributed by atoms with Crippen molar-refractivity contribution in [2.45, 2.75) is 24.9 Å². The highest BCUT2D eigenvalue weighted by Crippen LogP contribution is 2.27. The van der Waals surface area contributed by atoms with Gasteiger partial charge in [-0.2, -0.15) is 9.40 Å². The molecule has 0 saturated heterocycles. The van der Waals surface area contributed by atoms with Crippen LogP contribution in [0.3, 0.4) is 0 Å². The highest BCUT2D eigenvalue weighted by atomic mass is 32.2. The summed E-state index contributed by atoms with van der Waals surface area (Å²) in [7, 11) is -3.81. The van der Waals surface area contributed by atoms with Crippen molar-refractivity contribution in [2.75, 3.05) is 6.54 Å². The third-order valence-electron chi connectivity index (χ3n) is 3.92. The van der Waals surface area contributed by atoms with Gasteiger partial charge in [0.05, 0.1) is 6.20 Å². The second-order valence-electron chi connectivity index (χ2n) is 5.33. The van der Waals surface area contributed by atoms with Crippen LogP contribution in [0.1, 0.15) is 25.5 Å². The fraction of sp³-hybridized carbons (Fsp3) is 0.250.